The van der Waals surface area contributed by atoms with Gasteiger partial charge in [-0.2, -0.15) is 0 Å². The summed E-state index contributed by atoms with van der Waals surface area (Å²) in [5.41, 5.74) is 2.80. The van der Waals surface area contributed by atoms with Crippen molar-refractivity contribution in [1.82, 2.24) is 15.1 Å². The predicted molar refractivity (Wildman–Crippen MR) is 109 cm³/mol. The van der Waals surface area contributed by atoms with E-state index in [-0.39, 0.29) is 23.8 Å². The highest BCUT2D eigenvalue weighted by atomic mass is 16.5. The maximum absolute atomic E-state index is 13.4. The fourth-order valence-electron chi connectivity index (χ4n) is 5.31. The minimum absolute atomic E-state index is 0.0116. The Kier molecular flexibility index (Phi) is 4.47. The zero-order chi connectivity index (χ0) is 21.0. The first-order valence-electron chi connectivity index (χ1n) is 10.7. The number of hydrogen-bond donors (Lipinski definition) is 1. The number of hydrogen-bond acceptors (Lipinski definition) is 4. The molecule has 1 N–H and O–H groups in total. The van der Waals surface area contributed by atoms with E-state index in [1.165, 1.54) is 11.1 Å². The lowest BCUT2D eigenvalue weighted by Gasteiger charge is -2.29. The van der Waals surface area contributed by atoms with Gasteiger partial charge >= 0.3 is 0 Å². The van der Waals surface area contributed by atoms with E-state index >= 15 is 0 Å². The molecule has 3 saturated heterocycles. The van der Waals surface area contributed by atoms with Crippen molar-refractivity contribution in [3.8, 4) is 0 Å². The van der Waals surface area contributed by atoms with E-state index in [4.69, 9.17) is 4.74 Å². The highest BCUT2D eigenvalue weighted by Crippen LogP contribution is 2.52. The standard InChI is InChI=1S/C23H27N3O4/c1-14-3-4-16(11-15(14)2)12-26-13-23-7-5-17(30-23)19(20(23)22(26)29)21(28)25-9-6-18(27)24-8-10-25/h3-5,7,11,17,19-20H,6,8-10,12-13H2,1-2H3,(H,24,27)/t17-,19-,20+,23-/m0/s1. The fraction of sp³-hybridized carbons (Fsp3) is 0.522. The number of carbonyl (C=O) groups excluding carboxylic acids is 3. The Morgan fingerprint density at radius 3 is 2.87 bits per heavy atom. The molecular weight excluding hydrogens is 382 g/mol. The van der Waals surface area contributed by atoms with Gasteiger partial charge in [0.15, 0.2) is 0 Å². The van der Waals surface area contributed by atoms with Gasteiger partial charge in [0.1, 0.15) is 5.60 Å². The number of ether oxygens (including phenoxy) is 1. The van der Waals surface area contributed by atoms with Gasteiger partial charge in [0, 0.05) is 32.6 Å². The monoisotopic (exact) mass is 409 g/mol. The normalized spacial score (nSPS) is 32.4. The van der Waals surface area contributed by atoms with E-state index < -0.39 is 17.4 Å². The van der Waals surface area contributed by atoms with Crippen LogP contribution >= 0.6 is 0 Å². The van der Waals surface area contributed by atoms with Crippen LogP contribution in [-0.4, -0.2) is 65.4 Å². The molecule has 3 amide bonds. The van der Waals surface area contributed by atoms with Crippen molar-refractivity contribution in [3.05, 3.63) is 47.0 Å². The molecule has 0 aromatic heterocycles. The molecule has 4 aliphatic rings. The molecule has 7 nitrogen and oxygen atoms in total. The summed E-state index contributed by atoms with van der Waals surface area (Å²) in [7, 11) is 0. The van der Waals surface area contributed by atoms with Crippen LogP contribution in [0.25, 0.3) is 0 Å². The SMILES string of the molecule is Cc1ccc(CN2C[C@]34C=C[C@H](O3)[C@H](C(=O)N3CCNC(=O)CC3)[C@@H]4C2=O)cc1C. The molecule has 0 unspecified atom stereocenters. The molecular formula is C23H27N3O4. The molecule has 1 spiro atoms. The maximum Gasteiger partial charge on any atom is 0.230 e. The van der Waals surface area contributed by atoms with Crippen molar-refractivity contribution in [2.45, 2.75) is 38.5 Å². The van der Waals surface area contributed by atoms with Gasteiger partial charge in [-0.25, -0.2) is 0 Å². The lowest BCUT2D eigenvalue weighted by Crippen LogP contribution is -2.47. The molecule has 5 rings (SSSR count). The Hall–Kier alpha value is -2.67. The minimum Gasteiger partial charge on any atom is -0.360 e. The summed E-state index contributed by atoms with van der Waals surface area (Å²) in [6, 6.07) is 6.25. The summed E-state index contributed by atoms with van der Waals surface area (Å²) < 4.78 is 6.24. The largest absolute Gasteiger partial charge is 0.360 e. The fourth-order valence-corrected chi connectivity index (χ4v) is 5.31. The molecule has 4 heterocycles. The quantitative estimate of drug-likeness (QED) is 0.754. The number of nitrogens with zero attached hydrogens (tertiary/aromatic N) is 2. The van der Waals surface area contributed by atoms with E-state index in [0.29, 0.717) is 39.1 Å². The van der Waals surface area contributed by atoms with Crippen LogP contribution in [0.1, 0.15) is 23.1 Å². The number of aryl methyl sites for hydroxylation is 2. The van der Waals surface area contributed by atoms with Gasteiger partial charge in [-0.3, -0.25) is 14.4 Å². The average Bonchev–Trinajstić information content (AvgIpc) is 3.28. The van der Waals surface area contributed by atoms with Crippen molar-refractivity contribution in [2.24, 2.45) is 11.8 Å². The van der Waals surface area contributed by atoms with Crippen molar-refractivity contribution in [1.29, 1.82) is 0 Å². The Labute approximate surface area is 176 Å². The number of carbonyl (C=O) groups is 3. The third kappa shape index (κ3) is 2.95. The summed E-state index contributed by atoms with van der Waals surface area (Å²) >= 11 is 0. The van der Waals surface area contributed by atoms with Crippen LogP contribution in [0.3, 0.4) is 0 Å². The second-order valence-electron chi connectivity index (χ2n) is 8.94. The molecule has 2 bridgehead atoms. The van der Waals surface area contributed by atoms with Crippen molar-refractivity contribution >= 4 is 17.7 Å². The average molecular weight is 409 g/mol. The first-order valence-corrected chi connectivity index (χ1v) is 10.7. The number of rotatable bonds is 3. The molecule has 1 aromatic rings. The second kappa shape index (κ2) is 6.94. The van der Waals surface area contributed by atoms with E-state index in [9.17, 15) is 14.4 Å². The van der Waals surface area contributed by atoms with Crippen molar-refractivity contribution in [2.75, 3.05) is 26.2 Å². The minimum atomic E-state index is -0.707. The van der Waals surface area contributed by atoms with E-state index in [1.807, 2.05) is 17.1 Å². The van der Waals surface area contributed by atoms with Gasteiger partial charge in [0.05, 0.1) is 24.5 Å². The van der Waals surface area contributed by atoms with E-state index in [1.54, 1.807) is 4.90 Å². The molecule has 4 aliphatic heterocycles. The van der Waals surface area contributed by atoms with Gasteiger partial charge < -0.3 is 19.9 Å². The van der Waals surface area contributed by atoms with Crippen molar-refractivity contribution < 1.29 is 19.1 Å². The Morgan fingerprint density at radius 2 is 2.07 bits per heavy atom. The lowest BCUT2D eigenvalue weighted by molar-refractivity contribution is -0.143. The Balaban J connectivity index is 1.37. The number of nitrogens with one attached hydrogen (secondary N) is 1. The Bertz CT molecular complexity index is 958. The summed E-state index contributed by atoms with van der Waals surface area (Å²) in [6.45, 7) is 6.43. The third-order valence-corrected chi connectivity index (χ3v) is 7.03. The molecule has 0 aliphatic carbocycles. The molecule has 1 aromatic carbocycles. The molecule has 4 atom stereocenters. The number of benzene rings is 1. The summed E-state index contributed by atoms with van der Waals surface area (Å²) in [5.74, 6) is -1.13. The van der Waals surface area contributed by atoms with Crippen LogP contribution in [0.5, 0.6) is 0 Å². The summed E-state index contributed by atoms with van der Waals surface area (Å²) in [6.07, 6.45) is 3.86. The molecule has 0 radical (unpaired) electrons. The van der Waals surface area contributed by atoms with Crippen LogP contribution in [-0.2, 0) is 25.7 Å². The van der Waals surface area contributed by atoms with Crippen molar-refractivity contribution in [3.63, 3.8) is 0 Å². The number of amides is 3. The van der Waals surface area contributed by atoms with Gasteiger partial charge in [-0.1, -0.05) is 30.4 Å². The third-order valence-electron chi connectivity index (χ3n) is 7.03. The van der Waals surface area contributed by atoms with Crippen LogP contribution in [0, 0.1) is 25.7 Å². The number of likely N-dealkylation sites (tertiary alicyclic amines) is 1. The van der Waals surface area contributed by atoms with Crippen LogP contribution in [0.4, 0.5) is 0 Å². The van der Waals surface area contributed by atoms with Crippen LogP contribution in [0.15, 0.2) is 30.4 Å². The highest BCUT2D eigenvalue weighted by Gasteiger charge is 2.67. The summed E-state index contributed by atoms with van der Waals surface area (Å²) in [5, 5.41) is 2.80. The summed E-state index contributed by atoms with van der Waals surface area (Å²) in [4.78, 5) is 42.0. The zero-order valence-electron chi connectivity index (χ0n) is 17.4. The van der Waals surface area contributed by atoms with E-state index in [0.717, 1.165) is 5.56 Å². The lowest BCUT2D eigenvalue weighted by atomic mass is 9.76. The predicted octanol–water partition coefficient (Wildman–Crippen LogP) is 0.934. The van der Waals surface area contributed by atoms with Crippen LogP contribution in [0.2, 0.25) is 0 Å². The molecule has 158 valence electrons. The maximum atomic E-state index is 13.4. The van der Waals surface area contributed by atoms with Gasteiger partial charge in [-0.05, 0) is 30.5 Å². The van der Waals surface area contributed by atoms with Gasteiger partial charge in [0.25, 0.3) is 0 Å². The molecule has 0 saturated carbocycles. The van der Waals surface area contributed by atoms with Gasteiger partial charge in [0.2, 0.25) is 17.7 Å². The molecule has 3 fully saturated rings. The Morgan fingerprint density at radius 1 is 1.23 bits per heavy atom. The topological polar surface area (TPSA) is 79.0 Å². The smallest absolute Gasteiger partial charge is 0.230 e. The highest BCUT2D eigenvalue weighted by molar-refractivity contribution is 5.93. The van der Waals surface area contributed by atoms with Crippen LogP contribution < -0.4 is 5.32 Å². The van der Waals surface area contributed by atoms with Gasteiger partial charge in [-0.15, -0.1) is 0 Å². The second-order valence-corrected chi connectivity index (χ2v) is 8.94. The molecule has 7 heteroatoms. The zero-order valence-corrected chi connectivity index (χ0v) is 17.4. The first kappa shape index (κ1) is 19.3. The molecule has 30 heavy (non-hydrogen) atoms. The van der Waals surface area contributed by atoms with E-state index in [2.05, 4.69) is 37.4 Å². The number of fused-ring (bicyclic) bond motifs is 1. The first-order chi connectivity index (χ1) is 14.4.